The zero-order chi connectivity index (χ0) is 11.8. The molecule has 1 aliphatic rings. The summed E-state index contributed by atoms with van der Waals surface area (Å²) in [6.45, 7) is 2.72. The fraction of sp³-hybridized carbons (Fsp3) is 0.308. The maximum absolute atomic E-state index is 9.81. The highest BCUT2D eigenvalue weighted by molar-refractivity contribution is 5.68. The van der Waals surface area contributed by atoms with E-state index in [1.165, 1.54) is 0 Å². The van der Waals surface area contributed by atoms with Crippen molar-refractivity contribution in [2.75, 3.05) is 6.61 Å². The summed E-state index contributed by atoms with van der Waals surface area (Å²) in [7, 11) is 0. The lowest BCUT2D eigenvalue weighted by Gasteiger charge is -2.20. The Morgan fingerprint density at radius 3 is 3.12 bits per heavy atom. The Hall–Kier alpha value is -1.81. The molecule has 1 aromatic heterocycles. The third-order valence-electron chi connectivity index (χ3n) is 2.88. The molecule has 2 aromatic rings. The van der Waals surface area contributed by atoms with Crippen molar-refractivity contribution in [1.82, 2.24) is 9.78 Å². The Morgan fingerprint density at radius 2 is 2.24 bits per heavy atom. The minimum atomic E-state index is -0.526. The fourth-order valence-corrected chi connectivity index (χ4v) is 2.14. The zero-order valence-electron chi connectivity index (χ0n) is 9.63. The van der Waals surface area contributed by atoms with E-state index in [-0.39, 0.29) is 0 Å². The van der Waals surface area contributed by atoms with Crippen LogP contribution in [0.1, 0.15) is 5.69 Å². The highest BCUT2D eigenvalue weighted by Crippen LogP contribution is 2.31. The number of aliphatic hydroxyl groups is 1. The fourth-order valence-electron chi connectivity index (χ4n) is 2.14. The van der Waals surface area contributed by atoms with Gasteiger partial charge in [-0.1, -0.05) is 12.1 Å². The molecule has 0 saturated carbocycles. The van der Waals surface area contributed by atoms with Crippen LogP contribution in [0.5, 0.6) is 5.75 Å². The molecular weight excluding hydrogens is 216 g/mol. The molecule has 4 heteroatoms. The molecule has 0 fully saturated rings. The summed E-state index contributed by atoms with van der Waals surface area (Å²) in [4.78, 5) is 0. The number of aromatic nitrogens is 2. The van der Waals surface area contributed by atoms with E-state index in [9.17, 15) is 5.11 Å². The van der Waals surface area contributed by atoms with Gasteiger partial charge in [-0.3, -0.25) is 4.68 Å². The Bertz CT molecular complexity index is 548. The SMILES string of the molecule is Cc1cc2n(n1)C[C@H](O)COc1ccccc1-2. The van der Waals surface area contributed by atoms with Crippen molar-refractivity contribution >= 4 is 0 Å². The van der Waals surface area contributed by atoms with E-state index in [0.29, 0.717) is 13.2 Å². The number of hydrogen-bond donors (Lipinski definition) is 1. The van der Waals surface area contributed by atoms with Gasteiger partial charge in [0.1, 0.15) is 18.5 Å². The first-order valence-corrected chi connectivity index (χ1v) is 5.69. The Kier molecular flexibility index (Phi) is 2.37. The molecule has 1 aliphatic heterocycles. The predicted octanol–water partition coefficient (Wildman–Crippen LogP) is 1.61. The van der Waals surface area contributed by atoms with E-state index in [1.807, 2.05) is 41.9 Å². The van der Waals surface area contributed by atoms with Crippen LogP contribution in [0.3, 0.4) is 0 Å². The third-order valence-corrected chi connectivity index (χ3v) is 2.88. The molecule has 0 amide bonds. The highest BCUT2D eigenvalue weighted by Gasteiger charge is 2.19. The van der Waals surface area contributed by atoms with Gasteiger partial charge in [-0.15, -0.1) is 0 Å². The number of ether oxygens (including phenoxy) is 1. The normalized spacial score (nSPS) is 18.6. The molecule has 88 valence electrons. The molecule has 3 rings (SSSR count). The van der Waals surface area contributed by atoms with Crippen LogP contribution in [0.15, 0.2) is 30.3 Å². The van der Waals surface area contributed by atoms with Crippen molar-refractivity contribution in [3.8, 4) is 17.0 Å². The van der Waals surface area contributed by atoms with Gasteiger partial charge in [-0.05, 0) is 25.1 Å². The number of nitrogens with zero attached hydrogens (tertiary/aromatic N) is 2. The second-order valence-electron chi connectivity index (χ2n) is 4.31. The quantitative estimate of drug-likeness (QED) is 0.748. The summed E-state index contributed by atoms with van der Waals surface area (Å²) >= 11 is 0. The largest absolute Gasteiger partial charge is 0.490 e. The first-order chi connectivity index (χ1) is 8.24. The summed E-state index contributed by atoms with van der Waals surface area (Å²) < 4.78 is 7.46. The van der Waals surface area contributed by atoms with Crippen molar-refractivity contribution in [2.45, 2.75) is 19.6 Å². The molecule has 17 heavy (non-hydrogen) atoms. The van der Waals surface area contributed by atoms with Gasteiger partial charge >= 0.3 is 0 Å². The van der Waals surface area contributed by atoms with Gasteiger partial charge in [-0.2, -0.15) is 5.10 Å². The highest BCUT2D eigenvalue weighted by atomic mass is 16.5. The molecule has 1 N–H and O–H groups in total. The van der Waals surface area contributed by atoms with Gasteiger partial charge in [0.2, 0.25) is 0 Å². The lowest BCUT2D eigenvalue weighted by molar-refractivity contribution is 0.0877. The van der Waals surface area contributed by atoms with E-state index in [2.05, 4.69) is 5.10 Å². The average Bonchev–Trinajstić information content (AvgIpc) is 2.66. The van der Waals surface area contributed by atoms with Crippen molar-refractivity contribution in [2.24, 2.45) is 0 Å². The first-order valence-electron chi connectivity index (χ1n) is 5.69. The van der Waals surface area contributed by atoms with Crippen LogP contribution in [-0.4, -0.2) is 27.6 Å². The number of aryl methyl sites for hydroxylation is 1. The van der Waals surface area contributed by atoms with Gasteiger partial charge in [0.25, 0.3) is 0 Å². The van der Waals surface area contributed by atoms with E-state index < -0.39 is 6.10 Å². The summed E-state index contributed by atoms with van der Waals surface area (Å²) in [6.07, 6.45) is -0.526. The molecule has 0 saturated heterocycles. The first kappa shape index (κ1) is 10.4. The van der Waals surface area contributed by atoms with Gasteiger partial charge in [-0.25, -0.2) is 0 Å². The van der Waals surface area contributed by atoms with Crippen LogP contribution < -0.4 is 4.74 Å². The van der Waals surface area contributed by atoms with Crippen molar-refractivity contribution in [3.63, 3.8) is 0 Å². The molecule has 0 radical (unpaired) electrons. The number of rotatable bonds is 0. The number of para-hydroxylation sites is 1. The zero-order valence-corrected chi connectivity index (χ0v) is 9.63. The minimum Gasteiger partial charge on any atom is -0.490 e. The molecule has 2 heterocycles. The lowest BCUT2D eigenvalue weighted by atomic mass is 10.1. The van der Waals surface area contributed by atoms with Gasteiger partial charge in [0.15, 0.2) is 0 Å². The second-order valence-corrected chi connectivity index (χ2v) is 4.31. The maximum Gasteiger partial charge on any atom is 0.128 e. The van der Waals surface area contributed by atoms with E-state index in [1.54, 1.807) is 0 Å². The number of benzene rings is 1. The molecule has 0 aliphatic carbocycles. The maximum atomic E-state index is 9.81. The summed E-state index contributed by atoms with van der Waals surface area (Å²) in [5, 5.41) is 14.2. The molecule has 0 unspecified atom stereocenters. The molecule has 4 nitrogen and oxygen atoms in total. The van der Waals surface area contributed by atoms with Gasteiger partial charge in [0, 0.05) is 5.56 Å². The molecule has 1 aromatic carbocycles. The van der Waals surface area contributed by atoms with Crippen LogP contribution in [0.25, 0.3) is 11.3 Å². The van der Waals surface area contributed by atoms with Crippen molar-refractivity contribution in [3.05, 3.63) is 36.0 Å². The number of aliphatic hydroxyl groups excluding tert-OH is 1. The van der Waals surface area contributed by atoms with Gasteiger partial charge in [0.05, 0.1) is 17.9 Å². The second kappa shape index (κ2) is 3.89. The van der Waals surface area contributed by atoms with Gasteiger partial charge < -0.3 is 9.84 Å². The number of fused-ring (bicyclic) bond motifs is 3. The predicted molar refractivity (Wildman–Crippen MR) is 63.9 cm³/mol. The van der Waals surface area contributed by atoms with Crippen molar-refractivity contribution in [1.29, 1.82) is 0 Å². The van der Waals surface area contributed by atoms with E-state index in [0.717, 1.165) is 22.7 Å². The third kappa shape index (κ3) is 1.80. The number of hydrogen-bond acceptors (Lipinski definition) is 3. The average molecular weight is 230 g/mol. The summed E-state index contributed by atoms with van der Waals surface area (Å²) in [5.74, 6) is 0.799. The Balaban J connectivity index is 2.20. The van der Waals surface area contributed by atoms with Crippen LogP contribution in [0.2, 0.25) is 0 Å². The monoisotopic (exact) mass is 230 g/mol. The summed E-state index contributed by atoms with van der Waals surface area (Å²) in [5.41, 5.74) is 2.97. The Labute approximate surface area is 99.5 Å². The summed E-state index contributed by atoms with van der Waals surface area (Å²) in [6, 6.07) is 9.85. The van der Waals surface area contributed by atoms with Crippen LogP contribution >= 0.6 is 0 Å². The molecule has 0 bridgehead atoms. The van der Waals surface area contributed by atoms with Crippen LogP contribution in [0, 0.1) is 6.92 Å². The van der Waals surface area contributed by atoms with Crippen LogP contribution in [0.4, 0.5) is 0 Å². The minimum absolute atomic E-state index is 0.301. The van der Waals surface area contributed by atoms with Crippen LogP contribution in [-0.2, 0) is 6.54 Å². The smallest absolute Gasteiger partial charge is 0.128 e. The standard InChI is InChI=1S/C13H14N2O2/c1-9-6-12-11-4-2-3-5-13(11)17-8-10(16)7-15(12)14-9/h2-6,10,16H,7-8H2,1H3/t10-/m0/s1. The molecule has 0 spiro atoms. The van der Waals surface area contributed by atoms with Crippen molar-refractivity contribution < 1.29 is 9.84 Å². The van der Waals surface area contributed by atoms with E-state index >= 15 is 0 Å². The molecular formula is C13H14N2O2. The topological polar surface area (TPSA) is 47.3 Å². The Morgan fingerprint density at radius 1 is 1.41 bits per heavy atom. The molecule has 1 atom stereocenters. The van der Waals surface area contributed by atoms with E-state index in [4.69, 9.17) is 4.74 Å². The lowest BCUT2D eigenvalue weighted by Crippen LogP contribution is -2.26.